The van der Waals surface area contributed by atoms with E-state index in [1.54, 1.807) is 37.3 Å². The van der Waals surface area contributed by atoms with Gasteiger partial charge in [0.1, 0.15) is 18.3 Å². The molecule has 0 heterocycles. The van der Waals surface area contributed by atoms with Crippen molar-refractivity contribution in [2.24, 2.45) is 0 Å². The molecule has 0 aromatic heterocycles. The summed E-state index contributed by atoms with van der Waals surface area (Å²) in [5.41, 5.74) is -1.08. The molecule has 0 aliphatic heterocycles. The summed E-state index contributed by atoms with van der Waals surface area (Å²) in [6.07, 6.45) is -4.81. The monoisotopic (exact) mass is 611 g/mol. The largest absolute Gasteiger partial charge is 0.497 e. The van der Waals surface area contributed by atoms with E-state index < -0.39 is 51.9 Å². The standard InChI is InChI=1S/C28H29ClF3N3O5S/c1-4-33-27(37)19(2)34(17-20-10-13-22(40-3)14-11-20)26(36)18-35(41(38,39)23-8-6-5-7-9-23)25-16-21(28(30,31)32)12-15-24(25)29/h5-16,19H,4,17-18H2,1-3H3,(H,33,37)/t19-/m0/s1. The van der Waals surface area contributed by atoms with Gasteiger partial charge >= 0.3 is 6.18 Å². The van der Waals surface area contributed by atoms with E-state index >= 15 is 0 Å². The highest BCUT2D eigenvalue weighted by atomic mass is 35.5. The molecule has 2 amide bonds. The average Bonchev–Trinajstić information content (AvgIpc) is 2.94. The second kappa shape index (κ2) is 13.3. The lowest BCUT2D eigenvalue weighted by Crippen LogP contribution is -2.51. The van der Waals surface area contributed by atoms with E-state index in [2.05, 4.69) is 5.32 Å². The van der Waals surface area contributed by atoms with Gasteiger partial charge in [-0.1, -0.05) is 41.9 Å². The van der Waals surface area contributed by atoms with Crippen LogP contribution in [0.4, 0.5) is 18.9 Å². The zero-order chi connectivity index (χ0) is 30.4. The summed E-state index contributed by atoms with van der Waals surface area (Å²) in [4.78, 5) is 27.5. The Morgan fingerprint density at radius 1 is 1.02 bits per heavy atom. The summed E-state index contributed by atoms with van der Waals surface area (Å²) in [7, 11) is -3.10. The summed E-state index contributed by atoms with van der Waals surface area (Å²) < 4.78 is 74.0. The van der Waals surface area contributed by atoms with Gasteiger partial charge in [0.2, 0.25) is 11.8 Å². The summed E-state index contributed by atoms with van der Waals surface area (Å²) in [5.74, 6) is -0.779. The molecule has 8 nitrogen and oxygen atoms in total. The number of carbonyl (C=O) groups is 2. The predicted octanol–water partition coefficient (Wildman–Crippen LogP) is 5.12. The highest BCUT2D eigenvalue weighted by Gasteiger charge is 2.36. The molecule has 0 spiro atoms. The van der Waals surface area contributed by atoms with Crippen LogP contribution in [0.15, 0.2) is 77.7 Å². The predicted molar refractivity (Wildman–Crippen MR) is 149 cm³/mol. The molecule has 3 aromatic carbocycles. The highest BCUT2D eigenvalue weighted by molar-refractivity contribution is 7.92. The Labute approximate surface area is 241 Å². The van der Waals surface area contributed by atoms with Gasteiger partial charge in [-0.15, -0.1) is 0 Å². The van der Waals surface area contributed by atoms with Crippen LogP contribution in [0, 0.1) is 0 Å². The maximum atomic E-state index is 13.8. The minimum Gasteiger partial charge on any atom is -0.497 e. The number of rotatable bonds is 11. The Morgan fingerprint density at radius 3 is 2.22 bits per heavy atom. The zero-order valence-electron chi connectivity index (χ0n) is 22.5. The van der Waals surface area contributed by atoms with Crippen molar-refractivity contribution in [2.75, 3.05) is 24.5 Å². The molecule has 0 bridgehead atoms. The first kappa shape index (κ1) is 31.8. The lowest BCUT2D eigenvalue weighted by atomic mass is 10.1. The molecule has 0 saturated carbocycles. The van der Waals surface area contributed by atoms with E-state index in [9.17, 15) is 31.2 Å². The molecule has 3 aromatic rings. The van der Waals surface area contributed by atoms with Crippen LogP contribution < -0.4 is 14.4 Å². The number of nitrogens with zero attached hydrogens (tertiary/aromatic N) is 2. The Bertz CT molecular complexity index is 1470. The van der Waals surface area contributed by atoms with Gasteiger partial charge in [0.25, 0.3) is 10.0 Å². The second-order valence-electron chi connectivity index (χ2n) is 8.93. The van der Waals surface area contributed by atoms with Crippen molar-refractivity contribution >= 4 is 39.1 Å². The van der Waals surface area contributed by atoms with E-state index in [-0.39, 0.29) is 23.0 Å². The SMILES string of the molecule is CCNC(=O)[C@H](C)N(Cc1ccc(OC)cc1)C(=O)CN(c1cc(C(F)(F)F)ccc1Cl)S(=O)(=O)c1ccccc1. The molecule has 0 fully saturated rings. The zero-order valence-corrected chi connectivity index (χ0v) is 24.1. The third-order valence-corrected chi connectivity index (χ3v) is 8.28. The summed E-state index contributed by atoms with van der Waals surface area (Å²) >= 11 is 6.24. The van der Waals surface area contributed by atoms with Crippen molar-refractivity contribution in [1.82, 2.24) is 10.2 Å². The van der Waals surface area contributed by atoms with E-state index in [0.717, 1.165) is 11.0 Å². The van der Waals surface area contributed by atoms with Crippen molar-refractivity contribution in [3.63, 3.8) is 0 Å². The van der Waals surface area contributed by atoms with Crippen LogP contribution in [0.25, 0.3) is 0 Å². The smallest absolute Gasteiger partial charge is 0.416 e. The number of ether oxygens (including phenoxy) is 1. The first-order chi connectivity index (χ1) is 19.3. The van der Waals surface area contributed by atoms with Gasteiger partial charge in [-0.2, -0.15) is 13.2 Å². The number of sulfonamides is 1. The molecule has 3 rings (SSSR count). The van der Waals surface area contributed by atoms with Crippen molar-refractivity contribution in [1.29, 1.82) is 0 Å². The molecular weight excluding hydrogens is 583 g/mol. The fraction of sp³-hybridized carbons (Fsp3) is 0.286. The van der Waals surface area contributed by atoms with E-state index in [0.29, 0.717) is 27.8 Å². The summed E-state index contributed by atoms with van der Waals surface area (Å²) in [6.45, 7) is 2.42. The number of carbonyl (C=O) groups excluding carboxylic acids is 2. The Morgan fingerprint density at radius 2 is 1.66 bits per heavy atom. The maximum Gasteiger partial charge on any atom is 0.416 e. The normalized spacial score (nSPS) is 12.4. The molecule has 13 heteroatoms. The molecule has 0 aliphatic rings. The number of amides is 2. The molecule has 1 N–H and O–H groups in total. The lowest BCUT2D eigenvalue weighted by molar-refractivity contribution is -0.139. The number of halogens is 4. The quantitative estimate of drug-likeness (QED) is 0.325. The lowest BCUT2D eigenvalue weighted by Gasteiger charge is -2.32. The first-order valence-corrected chi connectivity index (χ1v) is 14.3. The minimum atomic E-state index is -4.81. The van der Waals surface area contributed by atoms with Crippen molar-refractivity contribution < 1.29 is 35.9 Å². The van der Waals surface area contributed by atoms with E-state index in [1.165, 1.54) is 38.3 Å². The van der Waals surface area contributed by atoms with Crippen molar-refractivity contribution in [3.05, 3.63) is 88.9 Å². The molecule has 0 radical (unpaired) electrons. The third-order valence-electron chi connectivity index (χ3n) is 6.18. The number of likely N-dealkylation sites (N-methyl/N-ethyl adjacent to an activating group) is 1. The number of alkyl halides is 3. The van der Waals surface area contributed by atoms with Gasteiger partial charge in [-0.25, -0.2) is 8.42 Å². The molecule has 220 valence electrons. The first-order valence-electron chi connectivity index (χ1n) is 12.4. The van der Waals surface area contributed by atoms with Gasteiger partial charge in [-0.05, 0) is 61.9 Å². The van der Waals surface area contributed by atoms with Crippen LogP contribution in [0.5, 0.6) is 5.75 Å². The number of anilines is 1. The van der Waals surface area contributed by atoms with E-state index in [1.807, 2.05) is 0 Å². The van der Waals surface area contributed by atoms with Gasteiger partial charge in [0.05, 0.1) is 28.3 Å². The second-order valence-corrected chi connectivity index (χ2v) is 11.2. The molecular formula is C28H29ClF3N3O5S. The van der Waals surface area contributed by atoms with Crippen LogP contribution in [0.2, 0.25) is 5.02 Å². The third kappa shape index (κ3) is 7.70. The molecule has 41 heavy (non-hydrogen) atoms. The van der Waals surface area contributed by atoms with Crippen LogP contribution in [0.3, 0.4) is 0 Å². The summed E-state index contributed by atoms with van der Waals surface area (Å²) in [5, 5.41) is 2.31. The van der Waals surface area contributed by atoms with Gasteiger partial charge in [0, 0.05) is 13.1 Å². The fourth-order valence-corrected chi connectivity index (χ4v) is 5.66. The molecule has 1 atom stereocenters. The molecule has 0 aliphatic carbocycles. The fourth-order valence-electron chi connectivity index (χ4n) is 3.95. The van der Waals surface area contributed by atoms with Crippen LogP contribution in [0.1, 0.15) is 25.0 Å². The van der Waals surface area contributed by atoms with Crippen LogP contribution in [-0.4, -0.2) is 51.4 Å². The van der Waals surface area contributed by atoms with Crippen molar-refractivity contribution in [2.45, 2.75) is 37.5 Å². The Hall–Kier alpha value is -3.77. The number of hydrogen-bond acceptors (Lipinski definition) is 5. The number of nitrogens with one attached hydrogen (secondary N) is 1. The topological polar surface area (TPSA) is 96.0 Å². The van der Waals surface area contributed by atoms with Crippen LogP contribution >= 0.6 is 11.6 Å². The minimum absolute atomic E-state index is 0.101. The van der Waals surface area contributed by atoms with Gasteiger partial charge in [0.15, 0.2) is 0 Å². The van der Waals surface area contributed by atoms with Crippen LogP contribution in [-0.2, 0) is 32.3 Å². The number of hydrogen-bond donors (Lipinski definition) is 1. The molecule has 0 saturated heterocycles. The Balaban J connectivity index is 2.11. The van der Waals surface area contributed by atoms with E-state index in [4.69, 9.17) is 16.3 Å². The average molecular weight is 612 g/mol. The maximum absolute atomic E-state index is 13.8. The van der Waals surface area contributed by atoms with Gasteiger partial charge < -0.3 is 15.0 Å². The highest BCUT2D eigenvalue weighted by Crippen LogP contribution is 2.37. The number of methoxy groups -OCH3 is 1. The van der Waals surface area contributed by atoms with Crippen molar-refractivity contribution in [3.8, 4) is 5.75 Å². The summed E-state index contributed by atoms with van der Waals surface area (Å²) in [6, 6.07) is 14.8. The molecule has 0 unspecified atom stereocenters. The number of benzene rings is 3. The Kier molecular flexibility index (Phi) is 10.3. The van der Waals surface area contributed by atoms with Gasteiger partial charge in [-0.3, -0.25) is 13.9 Å².